The summed E-state index contributed by atoms with van der Waals surface area (Å²) in [4.78, 5) is 0. The molecule has 0 saturated carbocycles. The topological polar surface area (TPSA) is 119 Å². The fraction of sp³-hybridized carbons (Fsp3) is 0.250. The van der Waals surface area contributed by atoms with E-state index in [2.05, 4.69) is 26.1 Å². The number of nitriles is 1. The van der Waals surface area contributed by atoms with Crippen molar-refractivity contribution in [2.75, 3.05) is 13.2 Å². The lowest BCUT2D eigenvalue weighted by Crippen LogP contribution is -2.21. The van der Waals surface area contributed by atoms with Crippen molar-refractivity contribution in [1.29, 1.82) is 5.26 Å². The van der Waals surface area contributed by atoms with Crippen LogP contribution in [0.4, 0.5) is 0 Å². The number of hydrogen-bond donors (Lipinski definition) is 2. The van der Waals surface area contributed by atoms with Crippen LogP contribution < -0.4 is 20.9 Å². The molecule has 0 amide bonds. The molecule has 1 aromatic rings. The average molecular weight is 340 g/mol. The molecule has 0 radical (unpaired) electrons. The maximum Gasteiger partial charge on any atom is 0.211 e. The van der Waals surface area contributed by atoms with Gasteiger partial charge in [-0.3, -0.25) is 0 Å². The molecule has 0 heterocycles. The van der Waals surface area contributed by atoms with Crippen molar-refractivity contribution < 1.29 is 9.47 Å². The zero-order valence-electron chi connectivity index (χ0n) is 10.8. The van der Waals surface area contributed by atoms with E-state index in [-0.39, 0.29) is 12.6 Å². The van der Waals surface area contributed by atoms with Gasteiger partial charge in [-0.05, 0) is 35.0 Å². The summed E-state index contributed by atoms with van der Waals surface area (Å²) in [5.74, 6) is 0.854. The van der Waals surface area contributed by atoms with Gasteiger partial charge in [0.1, 0.15) is 6.07 Å². The molecule has 20 heavy (non-hydrogen) atoms. The van der Waals surface area contributed by atoms with E-state index in [4.69, 9.17) is 26.2 Å². The van der Waals surface area contributed by atoms with Crippen molar-refractivity contribution in [2.45, 2.75) is 6.92 Å². The van der Waals surface area contributed by atoms with E-state index in [0.29, 0.717) is 28.1 Å². The highest BCUT2D eigenvalue weighted by Gasteiger charge is 2.09. The molecule has 0 bridgehead atoms. The predicted octanol–water partition coefficient (Wildman–Crippen LogP) is 1.36. The summed E-state index contributed by atoms with van der Waals surface area (Å²) in [5, 5.41) is 15.8. The minimum Gasteiger partial charge on any atom is -0.490 e. The summed E-state index contributed by atoms with van der Waals surface area (Å²) in [6.45, 7) is 2.26. The van der Waals surface area contributed by atoms with Crippen molar-refractivity contribution in [3.8, 4) is 17.6 Å². The summed E-state index contributed by atoms with van der Waals surface area (Å²) in [6.07, 6.45) is 1.47. The molecule has 106 valence electrons. The van der Waals surface area contributed by atoms with Gasteiger partial charge in [-0.25, -0.2) is 0 Å². The molecule has 0 atom stereocenters. The maximum absolute atomic E-state index is 8.55. The van der Waals surface area contributed by atoms with Gasteiger partial charge in [-0.1, -0.05) is 0 Å². The Kier molecular flexibility index (Phi) is 6.32. The van der Waals surface area contributed by atoms with Crippen molar-refractivity contribution >= 4 is 28.1 Å². The van der Waals surface area contributed by atoms with Crippen molar-refractivity contribution in [3.05, 3.63) is 22.2 Å². The van der Waals surface area contributed by atoms with Gasteiger partial charge in [0.15, 0.2) is 18.1 Å². The second kappa shape index (κ2) is 8.01. The molecule has 0 saturated heterocycles. The van der Waals surface area contributed by atoms with E-state index in [0.717, 1.165) is 0 Å². The highest BCUT2D eigenvalue weighted by molar-refractivity contribution is 9.10. The standard InChI is InChI=1S/C12H14BrN5O2/c1-2-19-10-5-8(7-17-18-12(15)16)9(13)6-11(10)20-4-3-14/h5-7H,2,4H2,1H3,(H4,15,16,18). The summed E-state index contributed by atoms with van der Waals surface area (Å²) >= 11 is 3.37. The van der Waals surface area contributed by atoms with Gasteiger partial charge in [-0.15, -0.1) is 5.10 Å². The molecule has 0 unspecified atom stereocenters. The Labute approximate surface area is 125 Å². The molecule has 1 aromatic carbocycles. The Morgan fingerprint density at radius 2 is 2.10 bits per heavy atom. The van der Waals surface area contributed by atoms with E-state index in [9.17, 15) is 0 Å². The van der Waals surface area contributed by atoms with Crippen LogP contribution in [0, 0.1) is 11.3 Å². The van der Waals surface area contributed by atoms with Crippen LogP contribution in [0.1, 0.15) is 12.5 Å². The van der Waals surface area contributed by atoms with E-state index in [1.807, 2.05) is 13.0 Å². The number of nitrogens with two attached hydrogens (primary N) is 2. The second-order valence-corrected chi connectivity index (χ2v) is 4.32. The van der Waals surface area contributed by atoms with Crippen LogP contribution in [0.15, 0.2) is 26.8 Å². The summed E-state index contributed by atoms with van der Waals surface area (Å²) in [6, 6.07) is 5.31. The lowest BCUT2D eigenvalue weighted by Gasteiger charge is -2.11. The monoisotopic (exact) mass is 339 g/mol. The largest absolute Gasteiger partial charge is 0.490 e. The van der Waals surface area contributed by atoms with Crippen LogP contribution in [-0.4, -0.2) is 25.4 Å². The van der Waals surface area contributed by atoms with Gasteiger partial charge in [0.05, 0.1) is 12.8 Å². The molecule has 7 nitrogen and oxygen atoms in total. The Bertz CT molecular complexity index is 562. The van der Waals surface area contributed by atoms with E-state index < -0.39 is 0 Å². The van der Waals surface area contributed by atoms with Crippen LogP contribution in [0.5, 0.6) is 11.5 Å². The minimum atomic E-state index is -0.128. The number of hydrogen-bond acceptors (Lipinski definition) is 5. The maximum atomic E-state index is 8.55. The normalized spacial score (nSPS) is 10.1. The number of benzene rings is 1. The lowest BCUT2D eigenvalue weighted by atomic mass is 10.2. The first-order valence-electron chi connectivity index (χ1n) is 5.66. The highest BCUT2D eigenvalue weighted by Crippen LogP contribution is 2.33. The van der Waals surface area contributed by atoms with Crippen molar-refractivity contribution in [1.82, 2.24) is 0 Å². The zero-order valence-corrected chi connectivity index (χ0v) is 12.4. The molecule has 0 aliphatic rings. The van der Waals surface area contributed by atoms with Gasteiger partial charge in [-0.2, -0.15) is 10.4 Å². The Morgan fingerprint density at radius 3 is 2.70 bits per heavy atom. The Balaban J connectivity index is 3.09. The second-order valence-electron chi connectivity index (χ2n) is 3.47. The number of halogens is 1. The quantitative estimate of drug-likeness (QED) is 0.460. The lowest BCUT2D eigenvalue weighted by molar-refractivity contribution is 0.298. The first-order valence-corrected chi connectivity index (χ1v) is 6.45. The van der Waals surface area contributed by atoms with Gasteiger partial charge >= 0.3 is 0 Å². The van der Waals surface area contributed by atoms with Crippen LogP contribution in [0.25, 0.3) is 0 Å². The van der Waals surface area contributed by atoms with Gasteiger partial charge in [0.2, 0.25) is 5.96 Å². The smallest absolute Gasteiger partial charge is 0.211 e. The fourth-order valence-corrected chi connectivity index (χ4v) is 1.72. The fourth-order valence-electron chi connectivity index (χ4n) is 1.30. The summed E-state index contributed by atoms with van der Waals surface area (Å²) in [7, 11) is 0. The summed E-state index contributed by atoms with van der Waals surface area (Å²) in [5.41, 5.74) is 11.1. The molecule has 8 heteroatoms. The number of rotatable bonds is 6. The van der Waals surface area contributed by atoms with E-state index >= 15 is 0 Å². The third-order valence-corrected chi connectivity index (χ3v) is 2.71. The number of guanidine groups is 1. The number of nitrogens with zero attached hydrogens (tertiary/aromatic N) is 3. The van der Waals surface area contributed by atoms with Crippen LogP contribution in [-0.2, 0) is 0 Å². The van der Waals surface area contributed by atoms with Gasteiger partial charge in [0.25, 0.3) is 0 Å². The summed E-state index contributed by atoms with van der Waals surface area (Å²) < 4.78 is 11.5. The molecular formula is C12H14BrN5O2. The molecule has 0 aliphatic carbocycles. The number of ether oxygens (including phenoxy) is 2. The first kappa shape index (κ1) is 15.8. The predicted molar refractivity (Wildman–Crippen MR) is 79.8 cm³/mol. The SMILES string of the molecule is CCOc1cc(C=NN=C(N)N)c(Br)cc1OCC#N. The van der Waals surface area contributed by atoms with Crippen LogP contribution >= 0.6 is 15.9 Å². The third-order valence-electron chi connectivity index (χ3n) is 2.03. The van der Waals surface area contributed by atoms with Crippen LogP contribution in [0.3, 0.4) is 0 Å². The van der Waals surface area contributed by atoms with E-state index in [1.54, 1.807) is 12.1 Å². The van der Waals surface area contributed by atoms with Crippen molar-refractivity contribution in [3.63, 3.8) is 0 Å². The third kappa shape index (κ3) is 4.78. The molecule has 1 rings (SSSR count). The van der Waals surface area contributed by atoms with Crippen molar-refractivity contribution in [2.24, 2.45) is 21.7 Å². The minimum absolute atomic E-state index is 0.0616. The zero-order chi connectivity index (χ0) is 15.0. The Morgan fingerprint density at radius 1 is 1.40 bits per heavy atom. The molecule has 0 spiro atoms. The molecule has 0 aromatic heterocycles. The Hall–Kier alpha value is -2.27. The van der Waals surface area contributed by atoms with Gasteiger partial charge in [0, 0.05) is 10.0 Å². The molecule has 4 N–H and O–H groups in total. The first-order chi connectivity index (χ1) is 9.58. The highest BCUT2D eigenvalue weighted by atomic mass is 79.9. The molecular weight excluding hydrogens is 326 g/mol. The molecule has 0 fully saturated rings. The van der Waals surface area contributed by atoms with Gasteiger partial charge < -0.3 is 20.9 Å². The average Bonchev–Trinajstić information content (AvgIpc) is 2.40. The van der Waals surface area contributed by atoms with Crippen LogP contribution in [0.2, 0.25) is 0 Å². The molecule has 0 aliphatic heterocycles. The van der Waals surface area contributed by atoms with E-state index in [1.165, 1.54) is 6.21 Å².